The van der Waals surface area contributed by atoms with Crippen molar-refractivity contribution in [3.63, 3.8) is 0 Å². The molecule has 5 heteroatoms. The topological polar surface area (TPSA) is 79.2 Å². The number of benzene rings is 1. The number of hydrogen-bond donors (Lipinski definition) is 1. The van der Waals surface area contributed by atoms with Gasteiger partial charge >= 0.3 is 5.97 Å². The lowest BCUT2D eigenvalue weighted by atomic mass is 9.92. The highest BCUT2D eigenvalue weighted by molar-refractivity contribution is 5.87. The highest BCUT2D eigenvalue weighted by Crippen LogP contribution is 2.15. The Morgan fingerprint density at radius 1 is 1.47 bits per heavy atom. The number of nitriles is 1. The van der Waals surface area contributed by atoms with Gasteiger partial charge in [0.2, 0.25) is 11.9 Å². The Bertz CT molecular complexity index is 490. The Hall–Kier alpha value is -2.35. The van der Waals surface area contributed by atoms with Crippen LogP contribution in [0, 0.1) is 18.3 Å². The quantitative estimate of drug-likeness (QED) is 0.613. The third-order valence-electron chi connectivity index (χ3n) is 2.71. The van der Waals surface area contributed by atoms with Crippen molar-refractivity contribution in [3.8, 4) is 6.07 Å². The summed E-state index contributed by atoms with van der Waals surface area (Å²) in [5, 5.41) is 11.5. The zero-order chi connectivity index (χ0) is 14.3. The zero-order valence-electron chi connectivity index (χ0n) is 11.0. The molecule has 1 N–H and O–H groups in total. The normalized spacial score (nSPS) is 12.9. The molecule has 1 aromatic rings. The van der Waals surface area contributed by atoms with Gasteiger partial charge < -0.3 is 10.1 Å². The summed E-state index contributed by atoms with van der Waals surface area (Å²) in [6.07, 6.45) is 0.412. The second-order valence-corrected chi connectivity index (χ2v) is 4.16. The Labute approximate surface area is 112 Å². The fourth-order valence-corrected chi connectivity index (χ4v) is 1.67. The Balaban J connectivity index is 3.03. The number of rotatable bonds is 6. The molecule has 0 bridgehead atoms. The summed E-state index contributed by atoms with van der Waals surface area (Å²) < 4.78 is 4.86. The second kappa shape index (κ2) is 6.55. The van der Waals surface area contributed by atoms with Crippen molar-refractivity contribution in [1.29, 1.82) is 5.26 Å². The SMILES string of the molecule is CCOC(=O)C(C#N)(Cc1ccc(C)cc1)NC=O. The monoisotopic (exact) mass is 260 g/mol. The van der Waals surface area contributed by atoms with E-state index in [0.29, 0.717) is 6.41 Å². The Kier molecular flexibility index (Phi) is 5.07. The van der Waals surface area contributed by atoms with Crippen LogP contribution in [-0.2, 0) is 20.7 Å². The van der Waals surface area contributed by atoms with E-state index in [0.717, 1.165) is 11.1 Å². The van der Waals surface area contributed by atoms with Gasteiger partial charge in [0.15, 0.2) is 0 Å². The minimum Gasteiger partial charge on any atom is -0.463 e. The summed E-state index contributed by atoms with van der Waals surface area (Å²) in [6, 6.07) is 9.23. The van der Waals surface area contributed by atoms with Crippen molar-refractivity contribution in [2.75, 3.05) is 6.61 Å². The van der Waals surface area contributed by atoms with E-state index in [1.165, 1.54) is 0 Å². The van der Waals surface area contributed by atoms with Crippen LogP contribution in [0.15, 0.2) is 24.3 Å². The molecule has 5 nitrogen and oxygen atoms in total. The van der Waals surface area contributed by atoms with E-state index in [4.69, 9.17) is 4.74 Å². The van der Waals surface area contributed by atoms with Crippen molar-refractivity contribution >= 4 is 12.4 Å². The molecule has 1 aromatic carbocycles. The van der Waals surface area contributed by atoms with Gasteiger partial charge in [-0.05, 0) is 19.4 Å². The number of ether oxygens (including phenoxy) is 1. The van der Waals surface area contributed by atoms with Crippen LogP contribution in [0.4, 0.5) is 0 Å². The Morgan fingerprint density at radius 3 is 2.58 bits per heavy atom. The summed E-state index contributed by atoms with van der Waals surface area (Å²) in [4.78, 5) is 22.6. The number of carbonyl (C=O) groups is 2. The molecule has 0 fully saturated rings. The largest absolute Gasteiger partial charge is 0.463 e. The first-order valence-corrected chi connectivity index (χ1v) is 5.93. The van der Waals surface area contributed by atoms with Gasteiger partial charge in [-0.2, -0.15) is 5.26 Å². The molecule has 1 atom stereocenters. The Morgan fingerprint density at radius 2 is 2.11 bits per heavy atom. The molecule has 1 rings (SSSR count). The standard InChI is InChI=1S/C14H16N2O3/c1-3-19-13(18)14(9-15,16-10-17)8-12-6-4-11(2)5-7-12/h4-7,10H,3,8H2,1-2H3,(H,16,17). The first-order valence-electron chi connectivity index (χ1n) is 5.93. The van der Waals surface area contributed by atoms with E-state index >= 15 is 0 Å². The summed E-state index contributed by atoms with van der Waals surface area (Å²) in [5.41, 5.74) is 0.174. The van der Waals surface area contributed by atoms with Crippen LogP contribution in [0.3, 0.4) is 0 Å². The molecule has 0 aromatic heterocycles. The van der Waals surface area contributed by atoms with E-state index < -0.39 is 11.5 Å². The molecular weight excluding hydrogens is 244 g/mol. The van der Waals surface area contributed by atoms with Crippen molar-refractivity contribution in [2.45, 2.75) is 25.8 Å². The molecule has 0 saturated carbocycles. The molecular formula is C14H16N2O3. The molecule has 0 radical (unpaired) electrons. The number of hydrogen-bond acceptors (Lipinski definition) is 4. The van der Waals surface area contributed by atoms with Crippen molar-refractivity contribution in [3.05, 3.63) is 35.4 Å². The highest BCUT2D eigenvalue weighted by Gasteiger charge is 2.40. The third-order valence-corrected chi connectivity index (χ3v) is 2.71. The lowest BCUT2D eigenvalue weighted by molar-refractivity contribution is -0.149. The van der Waals surface area contributed by atoms with E-state index in [9.17, 15) is 14.9 Å². The van der Waals surface area contributed by atoms with Crippen molar-refractivity contribution in [1.82, 2.24) is 5.32 Å². The van der Waals surface area contributed by atoms with Crippen LogP contribution < -0.4 is 5.32 Å². The molecule has 0 heterocycles. The molecule has 0 aliphatic carbocycles. The smallest absolute Gasteiger partial charge is 0.347 e. The van der Waals surface area contributed by atoms with Gasteiger partial charge in [-0.25, -0.2) is 4.79 Å². The van der Waals surface area contributed by atoms with Crippen LogP contribution in [0.2, 0.25) is 0 Å². The van der Waals surface area contributed by atoms with Gasteiger partial charge in [0.25, 0.3) is 0 Å². The molecule has 1 amide bonds. The number of nitrogens with one attached hydrogen (secondary N) is 1. The summed E-state index contributed by atoms with van der Waals surface area (Å²) in [7, 11) is 0. The fourth-order valence-electron chi connectivity index (χ4n) is 1.67. The fraction of sp³-hybridized carbons (Fsp3) is 0.357. The first-order chi connectivity index (χ1) is 9.07. The molecule has 0 spiro atoms. The summed E-state index contributed by atoms with van der Waals surface area (Å²) in [5.74, 6) is -0.745. The van der Waals surface area contributed by atoms with E-state index in [2.05, 4.69) is 5.32 Å². The molecule has 0 aliphatic rings. The van der Waals surface area contributed by atoms with Gasteiger partial charge in [0.05, 0.1) is 6.61 Å². The van der Waals surface area contributed by atoms with Crippen LogP contribution in [0.1, 0.15) is 18.1 Å². The molecule has 19 heavy (non-hydrogen) atoms. The van der Waals surface area contributed by atoms with Gasteiger partial charge in [0.1, 0.15) is 6.07 Å². The summed E-state index contributed by atoms with van der Waals surface area (Å²) in [6.45, 7) is 3.74. The molecule has 0 saturated heterocycles. The highest BCUT2D eigenvalue weighted by atomic mass is 16.5. The lowest BCUT2D eigenvalue weighted by Gasteiger charge is -2.23. The van der Waals surface area contributed by atoms with Gasteiger partial charge in [-0.1, -0.05) is 29.8 Å². The predicted molar refractivity (Wildman–Crippen MR) is 69.1 cm³/mol. The molecule has 100 valence electrons. The zero-order valence-corrected chi connectivity index (χ0v) is 11.0. The number of carbonyl (C=O) groups excluding carboxylic acids is 2. The number of amides is 1. The van der Waals surface area contributed by atoms with Gasteiger partial charge in [-0.3, -0.25) is 4.79 Å². The van der Waals surface area contributed by atoms with E-state index in [1.54, 1.807) is 6.92 Å². The first kappa shape index (κ1) is 14.7. The van der Waals surface area contributed by atoms with Gasteiger partial charge in [-0.15, -0.1) is 0 Å². The number of aryl methyl sites for hydroxylation is 1. The lowest BCUT2D eigenvalue weighted by Crippen LogP contribution is -2.53. The van der Waals surface area contributed by atoms with Crippen LogP contribution in [-0.4, -0.2) is 24.5 Å². The van der Waals surface area contributed by atoms with Crippen LogP contribution in [0.25, 0.3) is 0 Å². The number of nitrogens with zero attached hydrogens (tertiary/aromatic N) is 1. The third kappa shape index (κ3) is 3.55. The second-order valence-electron chi connectivity index (χ2n) is 4.16. The maximum Gasteiger partial charge on any atom is 0.347 e. The maximum atomic E-state index is 11.9. The maximum absolute atomic E-state index is 11.9. The number of esters is 1. The molecule has 0 aliphatic heterocycles. The van der Waals surface area contributed by atoms with Crippen LogP contribution >= 0.6 is 0 Å². The van der Waals surface area contributed by atoms with Crippen molar-refractivity contribution < 1.29 is 14.3 Å². The minimum atomic E-state index is -1.67. The van der Waals surface area contributed by atoms with E-state index in [-0.39, 0.29) is 13.0 Å². The minimum absolute atomic E-state index is 0.0708. The average molecular weight is 260 g/mol. The van der Waals surface area contributed by atoms with Gasteiger partial charge in [0, 0.05) is 6.42 Å². The molecule has 1 unspecified atom stereocenters. The summed E-state index contributed by atoms with van der Waals surface area (Å²) >= 11 is 0. The van der Waals surface area contributed by atoms with Crippen LogP contribution in [0.5, 0.6) is 0 Å². The van der Waals surface area contributed by atoms with Crippen molar-refractivity contribution in [2.24, 2.45) is 0 Å². The average Bonchev–Trinajstić information content (AvgIpc) is 2.41. The predicted octanol–water partition coefficient (Wildman–Crippen LogP) is 1.11. The van der Waals surface area contributed by atoms with E-state index in [1.807, 2.05) is 37.3 Å².